The molecule has 2 fully saturated rings. The lowest BCUT2D eigenvalue weighted by atomic mass is 10.00. The van der Waals surface area contributed by atoms with Crippen LogP contribution in [0.25, 0.3) is 0 Å². The number of rotatable bonds is 5. The van der Waals surface area contributed by atoms with E-state index in [4.69, 9.17) is 0 Å². The summed E-state index contributed by atoms with van der Waals surface area (Å²) in [6.45, 7) is 0. The Morgan fingerprint density at radius 2 is 1.82 bits per heavy atom. The van der Waals surface area contributed by atoms with Gasteiger partial charge in [0.15, 0.2) is 0 Å². The fraction of sp³-hybridized carbons (Fsp3) is 0.600. The van der Waals surface area contributed by atoms with Crippen LogP contribution in [-0.2, 0) is 16.2 Å². The van der Waals surface area contributed by atoms with Crippen LogP contribution in [0.2, 0.25) is 0 Å². The quantitative estimate of drug-likeness (QED) is 0.894. The molecule has 22 heavy (non-hydrogen) atoms. The first-order valence-corrected chi connectivity index (χ1v) is 9.00. The first-order valence-electron chi connectivity index (χ1n) is 7.46. The van der Waals surface area contributed by atoms with Crippen molar-refractivity contribution < 1.29 is 21.6 Å². The highest BCUT2D eigenvalue weighted by Gasteiger charge is 2.40. The van der Waals surface area contributed by atoms with E-state index in [0.717, 1.165) is 31.4 Å². The minimum atomic E-state index is -4.42. The van der Waals surface area contributed by atoms with Gasteiger partial charge >= 0.3 is 6.18 Å². The highest BCUT2D eigenvalue weighted by atomic mass is 32.2. The van der Waals surface area contributed by atoms with E-state index in [2.05, 4.69) is 4.72 Å². The van der Waals surface area contributed by atoms with Gasteiger partial charge in [0.05, 0.1) is 10.8 Å². The maximum atomic E-state index is 12.8. The zero-order valence-electron chi connectivity index (χ0n) is 11.9. The first kappa shape index (κ1) is 15.8. The minimum Gasteiger partial charge on any atom is -0.212 e. The van der Waals surface area contributed by atoms with Gasteiger partial charge in [0.1, 0.15) is 0 Å². The number of sulfonamides is 1. The summed E-state index contributed by atoms with van der Waals surface area (Å²) < 4.78 is 65.7. The summed E-state index contributed by atoms with van der Waals surface area (Å²) in [5.41, 5.74) is -0.335. The molecule has 122 valence electrons. The van der Waals surface area contributed by atoms with Crippen molar-refractivity contribution in [2.45, 2.75) is 49.6 Å². The van der Waals surface area contributed by atoms with E-state index in [1.54, 1.807) is 6.07 Å². The predicted molar refractivity (Wildman–Crippen MR) is 76.6 cm³/mol. The predicted octanol–water partition coefficient (Wildman–Crippen LogP) is 3.63. The van der Waals surface area contributed by atoms with Crippen LogP contribution in [0, 0.1) is 5.92 Å². The molecular weight excluding hydrogens is 315 g/mol. The Morgan fingerprint density at radius 3 is 2.32 bits per heavy atom. The van der Waals surface area contributed by atoms with Crippen LogP contribution in [-0.4, -0.2) is 13.7 Å². The molecule has 0 spiro atoms. The molecule has 0 aliphatic heterocycles. The van der Waals surface area contributed by atoms with Crippen LogP contribution in [0.15, 0.2) is 24.3 Å². The average molecular weight is 333 g/mol. The summed E-state index contributed by atoms with van der Waals surface area (Å²) in [5.74, 6) is 0.0957. The summed E-state index contributed by atoms with van der Waals surface area (Å²) in [6, 6.07) is 4.43. The lowest BCUT2D eigenvalue weighted by molar-refractivity contribution is -0.137. The second-order valence-electron chi connectivity index (χ2n) is 6.15. The van der Waals surface area contributed by atoms with E-state index in [1.807, 2.05) is 0 Å². The van der Waals surface area contributed by atoms with Gasteiger partial charge in [-0.05, 0) is 49.3 Å². The van der Waals surface area contributed by atoms with Gasteiger partial charge in [-0.1, -0.05) is 18.6 Å². The molecule has 1 aromatic rings. The molecule has 3 rings (SSSR count). The number of halogens is 3. The molecule has 0 aromatic heterocycles. The molecule has 0 heterocycles. The van der Waals surface area contributed by atoms with E-state index in [9.17, 15) is 21.6 Å². The van der Waals surface area contributed by atoms with Crippen LogP contribution >= 0.6 is 0 Å². The van der Waals surface area contributed by atoms with Crippen molar-refractivity contribution in [3.05, 3.63) is 35.4 Å². The van der Waals surface area contributed by atoms with Gasteiger partial charge in [0.25, 0.3) is 0 Å². The van der Waals surface area contributed by atoms with Crippen LogP contribution in [0.3, 0.4) is 0 Å². The lowest BCUT2D eigenvalue weighted by Crippen LogP contribution is -2.41. The summed E-state index contributed by atoms with van der Waals surface area (Å²) >= 11 is 0. The third-order valence-electron chi connectivity index (χ3n) is 4.45. The topological polar surface area (TPSA) is 46.2 Å². The number of hydrogen-bond acceptors (Lipinski definition) is 2. The van der Waals surface area contributed by atoms with Crippen LogP contribution in [0.4, 0.5) is 13.2 Å². The molecule has 0 amide bonds. The Morgan fingerprint density at radius 1 is 1.14 bits per heavy atom. The van der Waals surface area contributed by atoms with Gasteiger partial charge in [-0.15, -0.1) is 0 Å². The molecule has 1 aromatic carbocycles. The molecule has 7 heteroatoms. The molecule has 0 radical (unpaired) electrons. The highest BCUT2D eigenvalue weighted by molar-refractivity contribution is 7.90. The van der Waals surface area contributed by atoms with Crippen molar-refractivity contribution in [2.24, 2.45) is 5.92 Å². The van der Waals surface area contributed by atoms with Crippen LogP contribution in [0.1, 0.15) is 49.3 Å². The van der Waals surface area contributed by atoms with Gasteiger partial charge < -0.3 is 0 Å². The summed E-state index contributed by atoms with van der Waals surface area (Å²) in [7, 11) is -3.46. The van der Waals surface area contributed by atoms with Crippen molar-refractivity contribution in [3.63, 3.8) is 0 Å². The molecule has 2 aliphatic rings. The minimum absolute atomic E-state index is 0.0957. The van der Waals surface area contributed by atoms with E-state index in [0.29, 0.717) is 18.4 Å². The van der Waals surface area contributed by atoms with Gasteiger partial charge in [-0.25, -0.2) is 13.1 Å². The monoisotopic (exact) mass is 333 g/mol. The Balaban J connectivity index is 1.85. The third-order valence-corrected chi connectivity index (χ3v) is 6.38. The summed E-state index contributed by atoms with van der Waals surface area (Å²) in [6.07, 6.45) is -0.576. The Kier molecular flexibility index (Phi) is 3.97. The van der Waals surface area contributed by atoms with Crippen LogP contribution in [0.5, 0.6) is 0 Å². The zero-order chi connectivity index (χ0) is 16.0. The van der Waals surface area contributed by atoms with Crippen molar-refractivity contribution in [3.8, 4) is 0 Å². The van der Waals surface area contributed by atoms with Crippen molar-refractivity contribution in [1.29, 1.82) is 0 Å². The van der Waals surface area contributed by atoms with Gasteiger partial charge in [-0.3, -0.25) is 0 Å². The molecule has 0 unspecified atom stereocenters. The molecule has 1 N–H and O–H groups in total. The normalized spacial score (nSPS) is 21.4. The zero-order valence-corrected chi connectivity index (χ0v) is 12.8. The summed E-state index contributed by atoms with van der Waals surface area (Å²) in [5, 5.41) is -0.389. The van der Waals surface area contributed by atoms with Crippen molar-refractivity contribution in [1.82, 2.24) is 4.72 Å². The molecule has 2 saturated carbocycles. The second kappa shape index (κ2) is 5.53. The van der Waals surface area contributed by atoms with Crippen molar-refractivity contribution in [2.75, 3.05) is 0 Å². The van der Waals surface area contributed by atoms with Crippen molar-refractivity contribution >= 4 is 10.0 Å². The number of benzene rings is 1. The van der Waals surface area contributed by atoms with E-state index >= 15 is 0 Å². The fourth-order valence-corrected chi connectivity index (χ4v) is 4.56. The van der Waals surface area contributed by atoms with E-state index in [1.165, 1.54) is 6.07 Å². The Bertz CT molecular complexity index is 649. The van der Waals surface area contributed by atoms with E-state index in [-0.39, 0.29) is 11.2 Å². The molecule has 0 bridgehead atoms. The molecular formula is C15H18F3NO2S. The first-order chi connectivity index (χ1) is 10.3. The summed E-state index contributed by atoms with van der Waals surface area (Å²) in [4.78, 5) is 0. The van der Waals surface area contributed by atoms with Gasteiger partial charge in [0, 0.05) is 6.04 Å². The van der Waals surface area contributed by atoms with Crippen LogP contribution < -0.4 is 4.72 Å². The maximum absolute atomic E-state index is 12.8. The number of hydrogen-bond donors (Lipinski definition) is 1. The SMILES string of the molecule is O=S(=O)(N[C@@H](c1cccc(C(F)(F)F)c1)C1CC1)C1CCC1. The smallest absolute Gasteiger partial charge is 0.212 e. The lowest BCUT2D eigenvalue weighted by Gasteiger charge is -2.28. The molecule has 2 aliphatic carbocycles. The second-order valence-corrected chi connectivity index (χ2v) is 8.15. The van der Waals surface area contributed by atoms with Gasteiger partial charge in [0.2, 0.25) is 10.0 Å². The maximum Gasteiger partial charge on any atom is 0.416 e. The Labute approximate surface area is 128 Å². The molecule has 0 saturated heterocycles. The fourth-order valence-electron chi connectivity index (χ4n) is 2.73. The number of nitrogens with one attached hydrogen (secondary N) is 1. The average Bonchev–Trinajstić information content (AvgIpc) is 3.16. The number of alkyl halides is 3. The van der Waals surface area contributed by atoms with Gasteiger partial charge in [-0.2, -0.15) is 13.2 Å². The highest BCUT2D eigenvalue weighted by Crippen LogP contribution is 2.43. The standard InChI is InChI=1S/C15H18F3NO2S/c16-15(17,18)12-4-1-3-11(9-12)14(10-7-8-10)19-22(20,21)13-5-2-6-13/h1,3-4,9-10,13-14,19H,2,5-8H2/t14-/m1/s1. The largest absolute Gasteiger partial charge is 0.416 e. The molecule has 1 atom stereocenters. The Hall–Kier alpha value is -1.08. The van der Waals surface area contributed by atoms with E-state index < -0.39 is 27.8 Å². The third kappa shape index (κ3) is 3.30. The molecule has 3 nitrogen and oxygen atoms in total.